The van der Waals surface area contributed by atoms with Crippen molar-refractivity contribution in [2.75, 3.05) is 26.4 Å². The molecule has 0 spiro atoms. The van der Waals surface area contributed by atoms with Gasteiger partial charge in [0.25, 0.3) is 0 Å². The van der Waals surface area contributed by atoms with Crippen LogP contribution in [0.25, 0.3) is 0 Å². The fourth-order valence-corrected chi connectivity index (χ4v) is 3.88. The van der Waals surface area contributed by atoms with Gasteiger partial charge in [-0.15, -0.1) is 0 Å². The molecule has 6 nitrogen and oxygen atoms in total. The molecule has 0 radical (unpaired) electrons. The van der Waals surface area contributed by atoms with Crippen LogP contribution in [-0.2, 0) is 21.2 Å². The Labute approximate surface area is 177 Å². The predicted octanol–water partition coefficient (Wildman–Crippen LogP) is 4.87. The Morgan fingerprint density at radius 2 is 1.81 bits per heavy atom. The number of halogens is 4. The van der Waals surface area contributed by atoms with Gasteiger partial charge >= 0.3 is 18.4 Å². The van der Waals surface area contributed by atoms with Crippen LogP contribution in [0.1, 0.15) is 49.7 Å². The SMILES string of the molecule is O=C(OCN(C(=O)OCC1CC1)C1(c2ccc(F)c(C(F)(F)F)c2)CC1)N1CCCC1. The first kappa shape index (κ1) is 21.7. The van der Waals surface area contributed by atoms with E-state index in [1.165, 1.54) is 11.0 Å². The van der Waals surface area contributed by atoms with Crippen molar-refractivity contribution in [1.29, 1.82) is 0 Å². The van der Waals surface area contributed by atoms with Crippen LogP contribution in [-0.4, -0.2) is 48.4 Å². The van der Waals surface area contributed by atoms with Gasteiger partial charge in [0, 0.05) is 13.1 Å². The summed E-state index contributed by atoms with van der Waals surface area (Å²) in [6.45, 7) is 0.881. The number of ether oxygens (including phenoxy) is 2. The Bertz CT molecular complexity index is 846. The summed E-state index contributed by atoms with van der Waals surface area (Å²) in [6.07, 6.45) is -1.85. The van der Waals surface area contributed by atoms with E-state index in [9.17, 15) is 27.2 Å². The zero-order valence-electron chi connectivity index (χ0n) is 16.9. The quantitative estimate of drug-likeness (QED) is 0.464. The molecule has 0 bridgehead atoms. The third kappa shape index (κ3) is 4.72. The average Bonchev–Trinajstić information content (AvgIpc) is 3.64. The summed E-state index contributed by atoms with van der Waals surface area (Å²) in [4.78, 5) is 27.8. The Hall–Kier alpha value is -2.52. The molecule has 3 aliphatic rings. The molecule has 4 rings (SSSR count). The summed E-state index contributed by atoms with van der Waals surface area (Å²) in [7, 11) is 0. The lowest BCUT2D eigenvalue weighted by Crippen LogP contribution is -2.44. The van der Waals surface area contributed by atoms with Gasteiger partial charge in [0.15, 0.2) is 6.73 Å². The second-order valence-electron chi connectivity index (χ2n) is 8.41. The molecule has 1 aliphatic heterocycles. The molecule has 0 aromatic heterocycles. The van der Waals surface area contributed by atoms with Crippen LogP contribution >= 0.6 is 0 Å². The normalized spacial score (nSPS) is 19.8. The van der Waals surface area contributed by atoms with Gasteiger partial charge < -0.3 is 14.4 Å². The molecule has 1 aromatic rings. The maximum atomic E-state index is 13.8. The molecule has 0 unspecified atom stereocenters. The number of nitrogens with zero attached hydrogens (tertiary/aromatic N) is 2. The van der Waals surface area contributed by atoms with E-state index in [2.05, 4.69) is 0 Å². The zero-order chi connectivity index (χ0) is 22.2. The summed E-state index contributed by atoms with van der Waals surface area (Å²) in [6, 6.07) is 2.72. The van der Waals surface area contributed by atoms with Crippen molar-refractivity contribution in [1.82, 2.24) is 9.80 Å². The van der Waals surface area contributed by atoms with E-state index in [-0.39, 0.29) is 18.1 Å². The van der Waals surface area contributed by atoms with Crippen molar-refractivity contribution in [2.24, 2.45) is 5.92 Å². The molecule has 2 amide bonds. The third-order valence-electron chi connectivity index (χ3n) is 6.09. The highest BCUT2D eigenvalue weighted by molar-refractivity contribution is 5.71. The molecule has 2 aliphatic carbocycles. The zero-order valence-corrected chi connectivity index (χ0v) is 16.9. The molecule has 1 saturated heterocycles. The predicted molar refractivity (Wildman–Crippen MR) is 100 cm³/mol. The van der Waals surface area contributed by atoms with Gasteiger partial charge in [-0.1, -0.05) is 6.07 Å². The van der Waals surface area contributed by atoms with Gasteiger partial charge in [-0.2, -0.15) is 13.2 Å². The highest BCUT2D eigenvalue weighted by Gasteiger charge is 2.54. The van der Waals surface area contributed by atoms with Gasteiger partial charge in [-0.05, 0) is 62.1 Å². The summed E-state index contributed by atoms with van der Waals surface area (Å²) in [5.74, 6) is -1.09. The van der Waals surface area contributed by atoms with E-state index in [1.807, 2.05) is 0 Å². The number of rotatable bonds is 6. The van der Waals surface area contributed by atoms with Crippen LogP contribution in [0, 0.1) is 11.7 Å². The third-order valence-corrected chi connectivity index (χ3v) is 6.09. The van der Waals surface area contributed by atoms with E-state index < -0.39 is 42.0 Å². The van der Waals surface area contributed by atoms with Crippen LogP contribution in [0.4, 0.5) is 27.2 Å². The van der Waals surface area contributed by atoms with Crippen LogP contribution in [0.3, 0.4) is 0 Å². The second-order valence-corrected chi connectivity index (χ2v) is 8.41. The van der Waals surface area contributed by atoms with E-state index in [0.29, 0.717) is 25.9 Å². The van der Waals surface area contributed by atoms with Crippen molar-refractivity contribution in [3.8, 4) is 0 Å². The molecular formula is C21H24F4N2O4. The monoisotopic (exact) mass is 444 g/mol. The van der Waals surface area contributed by atoms with E-state index in [4.69, 9.17) is 9.47 Å². The molecule has 1 heterocycles. The van der Waals surface area contributed by atoms with E-state index >= 15 is 0 Å². The van der Waals surface area contributed by atoms with Gasteiger partial charge in [0.1, 0.15) is 5.82 Å². The first-order valence-electron chi connectivity index (χ1n) is 10.4. The van der Waals surface area contributed by atoms with Crippen LogP contribution < -0.4 is 0 Å². The first-order chi connectivity index (χ1) is 14.7. The van der Waals surface area contributed by atoms with E-state index in [0.717, 1.165) is 42.7 Å². The first-order valence-corrected chi connectivity index (χ1v) is 10.4. The van der Waals surface area contributed by atoms with Gasteiger partial charge in [0.2, 0.25) is 0 Å². The van der Waals surface area contributed by atoms with Crippen molar-refractivity contribution >= 4 is 12.2 Å². The lowest BCUT2D eigenvalue weighted by atomic mass is 10.00. The summed E-state index contributed by atoms with van der Waals surface area (Å²) >= 11 is 0. The summed E-state index contributed by atoms with van der Waals surface area (Å²) in [5.41, 5.74) is -2.38. The number of hydrogen-bond acceptors (Lipinski definition) is 4. The molecular weight excluding hydrogens is 420 g/mol. The van der Waals surface area contributed by atoms with Gasteiger partial charge in [-0.3, -0.25) is 4.90 Å². The molecule has 31 heavy (non-hydrogen) atoms. The number of benzene rings is 1. The standard InChI is InChI=1S/C21H24F4N2O4/c22-17-6-5-15(11-16(17)21(23,24)25)20(7-8-20)27(19(29)30-12-14-3-4-14)13-31-18(28)26-9-1-2-10-26/h5-6,11,14H,1-4,7-10,12-13H2. The smallest absolute Gasteiger partial charge is 0.419 e. The molecule has 170 valence electrons. The molecule has 2 saturated carbocycles. The largest absolute Gasteiger partial charge is 0.449 e. The molecule has 0 N–H and O–H groups in total. The fraction of sp³-hybridized carbons (Fsp3) is 0.619. The van der Waals surface area contributed by atoms with Crippen LogP contribution in [0.2, 0.25) is 0 Å². The second kappa shape index (κ2) is 8.20. The summed E-state index contributed by atoms with van der Waals surface area (Å²) < 4.78 is 64.1. The maximum Gasteiger partial charge on any atom is 0.419 e. The van der Waals surface area contributed by atoms with Crippen LogP contribution in [0.15, 0.2) is 18.2 Å². The Kier molecular flexibility index (Phi) is 5.74. The highest BCUT2D eigenvalue weighted by Crippen LogP contribution is 2.52. The number of hydrogen-bond donors (Lipinski definition) is 0. The molecule has 1 aromatic carbocycles. The van der Waals surface area contributed by atoms with Gasteiger partial charge in [-0.25, -0.2) is 14.0 Å². The van der Waals surface area contributed by atoms with Crippen LogP contribution in [0.5, 0.6) is 0 Å². The Morgan fingerprint density at radius 1 is 1.13 bits per heavy atom. The van der Waals surface area contributed by atoms with Gasteiger partial charge in [0.05, 0.1) is 17.7 Å². The van der Waals surface area contributed by atoms with E-state index in [1.54, 1.807) is 0 Å². The van der Waals surface area contributed by atoms with Crippen molar-refractivity contribution in [3.63, 3.8) is 0 Å². The van der Waals surface area contributed by atoms with Crippen molar-refractivity contribution < 1.29 is 36.6 Å². The fourth-order valence-electron chi connectivity index (χ4n) is 3.88. The topological polar surface area (TPSA) is 59.1 Å². The minimum atomic E-state index is -4.87. The highest BCUT2D eigenvalue weighted by atomic mass is 19.4. The lowest BCUT2D eigenvalue weighted by molar-refractivity contribution is -0.140. The number of amides is 2. The number of alkyl halides is 3. The van der Waals surface area contributed by atoms with Crippen molar-refractivity contribution in [2.45, 2.75) is 50.2 Å². The molecule has 0 atom stereocenters. The number of carbonyl (C=O) groups excluding carboxylic acids is 2. The number of likely N-dealkylation sites (tertiary alicyclic amines) is 1. The maximum absolute atomic E-state index is 13.8. The minimum Gasteiger partial charge on any atom is -0.449 e. The average molecular weight is 444 g/mol. The Balaban J connectivity index is 1.55. The Morgan fingerprint density at radius 3 is 2.39 bits per heavy atom. The molecule has 3 fully saturated rings. The van der Waals surface area contributed by atoms with Crippen molar-refractivity contribution in [3.05, 3.63) is 35.1 Å². The lowest BCUT2D eigenvalue weighted by Gasteiger charge is -2.32. The number of carbonyl (C=O) groups is 2. The summed E-state index contributed by atoms with van der Waals surface area (Å²) in [5, 5.41) is 0. The minimum absolute atomic E-state index is 0.141. The molecule has 10 heteroatoms.